The largest absolute Gasteiger partial charge is 0.451 e. The Balaban J connectivity index is 1.52. The maximum absolute atomic E-state index is 12.5. The third kappa shape index (κ3) is 2.74. The molecule has 3 heterocycles. The van der Waals surface area contributed by atoms with E-state index in [4.69, 9.17) is 4.74 Å². The number of thiophene rings is 1. The number of fused-ring (bicyclic) bond motifs is 2. The molecule has 0 amide bonds. The van der Waals surface area contributed by atoms with Crippen molar-refractivity contribution in [3.8, 4) is 0 Å². The zero-order valence-electron chi connectivity index (χ0n) is 14.1. The van der Waals surface area contributed by atoms with Gasteiger partial charge in [-0.25, -0.2) is 14.3 Å². The first-order chi connectivity index (χ1) is 12.5. The second-order valence-electron chi connectivity index (χ2n) is 5.79. The predicted molar refractivity (Wildman–Crippen MR) is 96.7 cm³/mol. The molecular weight excluding hydrogens is 352 g/mol. The molecule has 130 valence electrons. The van der Waals surface area contributed by atoms with Gasteiger partial charge in [0.1, 0.15) is 0 Å². The summed E-state index contributed by atoms with van der Waals surface area (Å²) < 4.78 is 7.60. The predicted octanol–water partition coefficient (Wildman–Crippen LogP) is 3.00. The summed E-state index contributed by atoms with van der Waals surface area (Å²) in [5.41, 5.74) is 1.69. The number of esters is 1. The van der Waals surface area contributed by atoms with E-state index >= 15 is 0 Å². The van der Waals surface area contributed by atoms with Gasteiger partial charge >= 0.3 is 5.97 Å². The summed E-state index contributed by atoms with van der Waals surface area (Å²) in [6.45, 7) is 3.37. The first-order valence-electron chi connectivity index (χ1n) is 7.91. The fraction of sp³-hybridized carbons (Fsp3) is 0.167. The second-order valence-corrected chi connectivity index (χ2v) is 6.84. The number of carbonyl (C=O) groups is 2. The highest BCUT2D eigenvalue weighted by Crippen LogP contribution is 2.30. The fourth-order valence-electron chi connectivity index (χ4n) is 2.69. The number of aryl methyl sites for hydroxylation is 2. The Morgan fingerprint density at radius 3 is 2.77 bits per heavy atom. The summed E-state index contributed by atoms with van der Waals surface area (Å²) in [6.07, 6.45) is 1.59. The van der Waals surface area contributed by atoms with Crippen molar-refractivity contribution in [1.29, 1.82) is 0 Å². The molecule has 4 aromatic rings. The quantitative estimate of drug-likeness (QED) is 0.408. The normalized spacial score (nSPS) is 11.2. The number of nitrogens with zero attached hydrogens (tertiary/aromatic N) is 4. The van der Waals surface area contributed by atoms with Crippen LogP contribution in [0.2, 0.25) is 0 Å². The summed E-state index contributed by atoms with van der Waals surface area (Å²) in [6, 6.07) is 9.55. The van der Waals surface area contributed by atoms with Gasteiger partial charge in [0.25, 0.3) is 11.6 Å². The van der Waals surface area contributed by atoms with E-state index in [1.807, 2.05) is 38.1 Å². The number of rotatable bonds is 4. The number of aromatic nitrogens is 4. The lowest BCUT2D eigenvalue weighted by molar-refractivity contribution is 0.0463. The zero-order valence-corrected chi connectivity index (χ0v) is 14.9. The first-order valence-corrected chi connectivity index (χ1v) is 8.73. The molecule has 4 rings (SSSR count). The molecule has 7 nitrogen and oxygen atoms in total. The minimum atomic E-state index is -0.748. The Morgan fingerprint density at radius 1 is 1.19 bits per heavy atom. The molecule has 0 radical (unpaired) electrons. The van der Waals surface area contributed by atoms with Crippen LogP contribution in [0, 0.1) is 13.8 Å². The molecule has 0 aliphatic rings. The maximum atomic E-state index is 12.5. The number of benzene rings is 1. The average molecular weight is 366 g/mol. The Labute approximate surface area is 152 Å². The average Bonchev–Trinajstić information content (AvgIpc) is 3.22. The molecule has 0 aliphatic carbocycles. The van der Waals surface area contributed by atoms with Crippen molar-refractivity contribution >= 4 is 39.0 Å². The van der Waals surface area contributed by atoms with Gasteiger partial charge in [-0.2, -0.15) is 4.98 Å². The Hall–Kier alpha value is -3.13. The van der Waals surface area contributed by atoms with Gasteiger partial charge in [-0.1, -0.05) is 18.2 Å². The highest BCUT2D eigenvalue weighted by Gasteiger charge is 2.20. The molecule has 0 saturated heterocycles. The van der Waals surface area contributed by atoms with Crippen molar-refractivity contribution in [2.75, 3.05) is 6.61 Å². The number of carbonyl (C=O) groups excluding carboxylic acids is 2. The van der Waals surface area contributed by atoms with Crippen LogP contribution in [0.25, 0.3) is 15.9 Å². The van der Waals surface area contributed by atoms with Gasteiger partial charge in [0, 0.05) is 16.6 Å². The van der Waals surface area contributed by atoms with E-state index in [9.17, 15) is 9.59 Å². The lowest BCUT2D eigenvalue weighted by atomic mass is 10.1. The second kappa shape index (κ2) is 6.30. The molecule has 1 aromatic carbocycles. The number of ketones is 1. The van der Waals surface area contributed by atoms with Crippen LogP contribution in [0.5, 0.6) is 0 Å². The van der Waals surface area contributed by atoms with Gasteiger partial charge < -0.3 is 4.74 Å². The van der Waals surface area contributed by atoms with Crippen LogP contribution in [0.15, 0.2) is 36.5 Å². The summed E-state index contributed by atoms with van der Waals surface area (Å²) in [5, 5.41) is 5.11. The molecule has 0 bridgehead atoms. The van der Waals surface area contributed by atoms with E-state index < -0.39 is 5.97 Å². The number of hydrogen-bond donors (Lipinski definition) is 0. The monoisotopic (exact) mass is 366 g/mol. The molecule has 0 saturated carbocycles. The first kappa shape index (κ1) is 16.3. The van der Waals surface area contributed by atoms with Gasteiger partial charge in [0.05, 0.1) is 4.88 Å². The van der Waals surface area contributed by atoms with Crippen molar-refractivity contribution in [1.82, 2.24) is 19.6 Å². The van der Waals surface area contributed by atoms with Crippen LogP contribution in [0.1, 0.15) is 31.5 Å². The summed E-state index contributed by atoms with van der Waals surface area (Å²) in [5.74, 6) is -0.798. The zero-order chi connectivity index (χ0) is 18.3. The SMILES string of the molecule is Cc1c(C(=O)COC(=O)c2nc3nccc(C)n3n2)sc2ccccc12. The molecule has 3 aromatic heterocycles. The van der Waals surface area contributed by atoms with Crippen LogP contribution in [0.4, 0.5) is 0 Å². The highest BCUT2D eigenvalue weighted by molar-refractivity contribution is 7.21. The van der Waals surface area contributed by atoms with Crippen molar-refractivity contribution in [2.45, 2.75) is 13.8 Å². The molecule has 0 unspecified atom stereocenters. The van der Waals surface area contributed by atoms with Crippen LogP contribution in [-0.4, -0.2) is 37.9 Å². The van der Waals surface area contributed by atoms with Gasteiger partial charge in [-0.3, -0.25) is 4.79 Å². The van der Waals surface area contributed by atoms with Crippen LogP contribution in [-0.2, 0) is 4.74 Å². The summed E-state index contributed by atoms with van der Waals surface area (Å²) >= 11 is 1.40. The Morgan fingerprint density at radius 2 is 2.00 bits per heavy atom. The van der Waals surface area contributed by atoms with Crippen LogP contribution >= 0.6 is 11.3 Å². The third-order valence-electron chi connectivity index (χ3n) is 4.04. The minimum absolute atomic E-state index is 0.118. The molecular formula is C18H14N4O3S. The van der Waals surface area contributed by atoms with Gasteiger partial charge in [0.2, 0.25) is 5.78 Å². The van der Waals surface area contributed by atoms with Gasteiger partial charge in [0.15, 0.2) is 6.61 Å². The molecule has 0 N–H and O–H groups in total. The Bertz CT molecular complexity index is 1160. The van der Waals surface area contributed by atoms with E-state index in [1.54, 1.807) is 12.3 Å². The van der Waals surface area contributed by atoms with Crippen molar-refractivity contribution in [3.63, 3.8) is 0 Å². The molecule has 8 heteroatoms. The van der Waals surface area contributed by atoms with E-state index in [2.05, 4.69) is 15.1 Å². The van der Waals surface area contributed by atoms with E-state index in [0.29, 0.717) is 10.7 Å². The number of Topliss-reactive ketones (excluding diaryl/α,β-unsaturated/α-hetero) is 1. The van der Waals surface area contributed by atoms with E-state index in [0.717, 1.165) is 21.3 Å². The standard InChI is InChI=1S/C18H14N4O3S/c1-10-7-8-19-18-20-16(21-22(10)18)17(24)25-9-13(23)15-11(2)12-5-3-4-6-14(12)26-15/h3-8H,9H2,1-2H3. The fourth-order valence-corrected chi connectivity index (χ4v) is 3.83. The maximum Gasteiger partial charge on any atom is 0.378 e. The van der Waals surface area contributed by atoms with Crippen molar-refractivity contribution in [2.24, 2.45) is 0 Å². The third-order valence-corrected chi connectivity index (χ3v) is 5.36. The van der Waals surface area contributed by atoms with Gasteiger partial charge in [-0.05, 0) is 36.9 Å². The van der Waals surface area contributed by atoms with E-state index in [1.165, 1.54) is 15.9 Å². The number of hydrogen-bond acceptors (Lipinski definition) is 7. The molecule has 0 fully saturated rings. The highest BCUT2D eigenvalue weighted by atomic mass is 32.1. The van der Waals surface area contributed by atoms with Crippen LogP contribution < -0.4 is 0 Å². The lowest BCUT2D eigenvalue weighted by Gasteiger charge is -2.01. The van der Waals surface area contributed by atoms with Crippen LogP contribution in [0.3, 0.4) is 0 Å². The Kier molecular flexibility index (Phi) is 3.96. The van der Waals surface area contributed by atoms with E-state index in [-0.39, 0.29) is 18.2 Å². The minimum Gasteiger partial charge on any atom is -0.451 e. The molecule has 0 aliphatic heterocycles. The summed E-state index contributed by atoms with van der Waals surface area (Å²) in [7, 11) is 0. The smallest absolute Gasteiger partial charge is 0.378 e. The number of ether oxygens (including phenoxy) is 1. The lowest BCUT2D eigenvalue weighted by Crippen LogP contribution is -2.15. The summed E-state index contributed by atoms with van der Waals surface area (Å²) in [4.78, 5) is 33.3. The van der Waals surface area contributed by atoms with Crippen molar-refractivity contribution < 1.29 is 14.3 Å². The van der Waals surface area contributed by atoms with Crippen molar-refractivity contribution in [3.05, 3.63) is 58.5 Å². The molecule has 0 atom stereocenters. The van der Waals surface area contributed by atoms with Gasteiger partial charge in [-0.15, -0.1) is 16.4 Å². The molecule has 26 heavy (non-hydrogen) atoms. The topological polar surface area (TPSA) is 86.5 Å². The molecule has 0 spiro atoms.